The quantitative estimate of drug-likeness (QED) is 0.578. The van der Waals surface area contributed by atoms with E-state index in [2.05, 4.69) is 34.0 Å². The van der Waals surface area contributed by atoms with Gasteiger partial charge in [-0.05, 0) is 71.7 Å². The van der Waals surface area contributed by atoms with E-state index in [1.54, 1.807) is 23.1 Å². The number of benzene rings is 2. The fraction of sp³-hybridized carbons (Fsp3) is 0.364. The zero-order chi connectivity index (χ0) is 21.3. The third-order valence-corrected chi connectivity index (χ3v) is 7.29. The Bertz CT molecular complexity index is 1000. The third-order valence-electron chi connectivity index (χ3n) is 5.77. The van der Waals surface area contributed by atoms with Crippen LogP contribution in [0.1, 0.15) is 18.4 Å². The van der Waals surface area contributed by atoms with Crippen LogP contribution in [0.4, 0.5) is 10.1 Å². The van der Waals surface area contributed by atoms with Gasteiger partial charge in [-0.15, -0.1) is 0 Å². The number of rotatable bonds is 3. The van der Waals surface area contributed by atoms with Gasteiger partial charge in [-0.3, -0.25) is 4.79 Å². The lowest BCUT2D eigenvalue weighted by Gasteiger charge is -2.39. The molecule has 2 heterocycles. The number of nitrogens with zero attached hydrogens (tertiary/aromatic N) is 2. The molecule has 156 valence electrons. The first kappa shape index (κ1) is 21.2. The maximum atomic E-state index is 13.2. The first-order valence-electron chi connectivity index (χ1n) is 9.73. The fourth-order valence-electron chi connectivity index (χ4n) is 3.98. The summed E-state index contributed by atoms with van der Waals surface area (Å²) in [5.74, 6) is 0.254. The number of hydrogen-bond acceptors (Lipinski definition) is 4. The topological polar surface area (TPSA) is 65.4 Å². The standard InChI is InChI=1S/C22H20ClFIN3O2/c23-16-9-18-19(10-17(16)25)30-20(12-27-18)21(29)28-7-5-22(13-26,6-8-28)11-14-1-3-15(24)4-2-14/h1-4,9-10,20,27H,5-8,11-12H2. The van der Waals surface area contributed by atoms with Gasteiger partial charge in [-0.1, -0.05) is 23.7 Å². The molecule has 1 amide bonds. The van der Waals surface area contributed by atoms with Gasteiger partial charge in [0, 0.05) is 16.7 Å². The summed E-state index contributed by atoms with van der Waals surface area (Å²) in [6.07, 6.45) is 1.11. The van der Waals surface area contributed by atoms with Gasteiger partial charge in [0.15, 0.2) is 6.10 Å². The molecule has 1 saturated heterocycles. The van der Waals surface area contributed by atoms with Crippen molar-refractivity contribution < 1.29 is 13.9 Å². The Morgan fingerprint density at radius 1 is 1.33 bits per heavy atom. The second-order valence-electron chi connectivity index (χ2n) is 7.77. The van der Waals surface area contributed by atoms with Crippen molar-refractivity contribution in [3.05, 3.63) is 56.4 Å². The van der Waals surface area contributed by atoms with Crippen molar-refractivity contribution in [1.82, 2.24) is 4.90 Å². The zero-order valence-corrected chi connectivity index (χ0v) is 19.0. The minimum atomic E-state index is -0.610. The van der Waals surface area contributed by atoms with Crippen LogP contribution in [-0.4, -0.2) is 36.5 Å². The summed E-state index contributed by atoms with van der Waals surface area (Å²) in [5.41, 5.74) is 1.17. The highest BCUT2D eigenvalue weighted by atomic mass is 127. The monoisotopic (exact) mass is 539 g/mol. The van der Waals surface area contributed by atoms with E-state index in [1.807, 2.05) is 6.07 Å². The van der Waals surface area contributed by atoms with Gasteiger partial charge in [0.1, 0.15) is 11.6 Å². The van der Waals surface area contributed by atoms with Crippen LogP contribution in [0.3, 0.4) is 0 Å². The predicted molar refractivity (Wildman–Crippen MR) is 121 cm³/mol. The number of fused-ring (bicyclic) bond motifs is 1. The first-order valence-corrected chi connectivity index (χ1v) is 11.2. The number of nitriles is 1. The summed E-state index contributed by atoms with van der Waals surface area (Å²) in [6, 6.07) is 12.4. The summed E-state index contributed by atoms with van der Waals surface area (Å²) in [7, 11) is 0. The molecule has 1 unspecified atom stereocenters. The maximum absolute atomic E-state index is 13.2. The number of ether oxygens (including phenoxy) is 1. The van der Waals surface area contributed by atoms with Crippen molar-refractivity contribution in [3.63, 3.8) is 0 Å². The van der Waals surface area contributed by atoms with Gasteiger partial charge in [0.2, 0.25) is 0 Å². The van der Waals surface area contributed by atoms with Crippen molar-refractivity contribution >= 4 is 45.8 Å². The minimum Gasteiger partial charge on any atom is -0.477 e. The van der Waals surface area contributed by atoms with Crippen LogP contribution >= 0.6 is 34.2 Å². The largest absolute Gasteiger partial charge is 0.477 e. The molecular formula is C22H20ClFIN3O2. The number of hydrogen-bond donors (Lipinski definition) is 1. The van der Waals surface area contributed by atoms with Gasteiger partial charge < -0.3 is 15.0 Å². The Hall–Kier alpha value is -2.05. The van der Waals surface area contributed by atoms with Crippen molar-refractivity contribution in [1.29, 1.82) is 5.26 Å². The molecule has 30 heavy (non-hydrogen) atoms. The average Bonchev–Trinajstić information content (AvgIpc) is 2.76. The van der Waals surface area contributed by atoms with Crippen LogP contribution in [0, 0.1) is 26.1 Å². The molecule has 0 bridgehead atoms. The van der Waals surface area contributed by atoms with Crippen LogP contribution in [-0.2, 0) is 11.2 Å². The van der Waals surface area contributed by atoms with Gasteiger partial charge in [-0.25, -0.2) is 4.39 Å². The molecule has 2 aromatic rings. The van der Waals surface area contributed by atoms with E-state index in [9.17, 15) is 14.4 Å². The van der Waals surface area contributed by atoms with E-state index in [0.717, 1.165) is 14.8 Å². The number of likely N-dealkylation sites (tertiary alicyclic amines) is 1. The number of halogens is 3. The van der Waals surface area contributed by atoms with E-state index >= 15 is 0 Å². The molecule has 0 spiro atoms. The van der Waals surface area contributed by atoms with Crippen LogP contribution < -0.4 is 10.1 Å². The zero-order valence-electron chi connectivity index (χ0n) is 16.1. The smallest absolute Gasteiger partial charge is 0.265 e. The number of anilines is 1. The Kier molecular flexibility index (Phi) is 6.07. The minimum absolute atomic E-state index is 0.0774. The van der Waals surface area contributed by atoms with Crippen molar-refractivity contribution in [3.8, 4) is 11.8 Å². The van der Waals surface area contributed by atoms with E-state index in [-0.39, 0.29) is 11.7 Å². The normalized spacial score (nSPS) is 19.8. The van der Waals surface area contributed by atoms with Gasteiger partial charge in [0.25, 0.3) is 5.91 Å². The number of nitrogens with one attached hydrogen (secondary N) is 1. The molecule has 4 rings (SSSR count). The Labute approximate surface area is 193 Å². The van der Waals surface area contributed by atoms with E-state index in [4.69, 9.17) is 16.3 Å². The first-order chi connectivity index (χ1) is 14.4. The van der Waals surface area contributed by atoms with Crippen LogP contribution in [0.15, 0.2) is 36.4 Å². The van der Waals surface area contributed by atoms with Crippen LogP contribution in [0.25, 0.3) is 0 Å². The second kappa shape index (κ2) is 8.60. The summed E-state index contributed by atoms with van der Waals surface area (Å²) >= 11 is 8.28. The lowest BCUT2D eigenvalue weighted by atomic mass is 9.75. The van der Waals surface area contributed by atoms with Gasteiger partial charge in [0.05, 0.1) is 28.7 Å². The highest BCUT2D eigenvalue weighted by Crippen LogP contribution is 2.37. The van der Waals surface area contributed by atoms with E-state index in [1.165, 1.54) is 12.1 Å². The highest BCUT2D eigenvalue weighted by Gasteiger charge is 2.39. The number of amides is 1. The molecule has 0 radical (unpaired) electrons. The molecule has 2 aliphatic heterocycles. The Morgan fingerprint density at radius 3 is 2.70 bits per heavy atom. The summed E-state index contributed by atoms with van der Waals surface area (Å²) < 4.78 is 20.0. The fourth-order valence-corrected chi connectivity index (χ4v) is 4.58. The molecule has 0 aliphatic carbocycles. The molecule has 5 nitrogen and oxygen atoms in total. The second-order valence-corrected chi connectivity index (χ2v) is 9.34. The molecule has 0 saturated carbocycles. The molecule has 1 N–H and O–H groups in total. The lowest BCUT2D eigenvalue weighted by molar-refractivity contribution is -0.140. The summed E-state index contributed by atoms with van der Waals surface area (Å²) in [4.78, 5) is 14.8. The number of piperidine rings is 1. The van der Waals surface area contributed by atoms with Gasteiger partial charge in [-0.2, -0.15) is 5.26 Å². The summed E-state index contributed by atoms with van der Waals surface area (Å²) in [5, 5.41) is 13.7. The van der Waals surface area contributed by atoms with Gasteiger partial charge >= 0.3 is 0 Å². The SMILES string of the molecule is N#CC1(Cc2ccc(F)cc2)CCN(C(=O)C2CNc3cc(Cl)c(I)cc3O2)CC1. The molecule has 2 aliphatic rings. The van der Waals surface area contributed by atoms with Crippen molar-refractivity contribution in [2.45, 2.75) is 25.4 Å². The molecule has 1 atom stereocenters. The van der Waals surface area contributed by atoms with Crippen LogP contribution in [0.5, 0.6) is 5.75 Å². The summed E-state index contributed by atoms with van der Waals surface area (Å²) in [6.45, 7) is 1.37. The van der Waals surface area contributed by atoms with Crippen molar-refractivity contribution in [2.75, 3.05) is 25.0 Å². The van der Waals surface area contributed by atoms with E-state index in [0.29, 0.717) is 49.7 Å². The highest BCUT2D eigenvalue weighted by molar-refractivity contribution is 14.1. The molecule has 1 fully saturated rings. The van der Waals surface area contributed by atoms with Crippen LogP contribution in [0.2, 0.25) is 5.02 Å². The van der Waals surface area contributed by atoms with Crippen molar-refractivity contribution in [2.24, 2.45) is 5.41 Å². The number of carbonyl (C=O) groups is 1. The number of carbonyl (C=O) groups excluding carboxylic acids is 1. The predicted octanol–water partition coefficient (Wildman–Crippen LogP) is 4.63. The molecule has 2 aromatic carbocycles. The average molecular weight is 540 g/mol. The Balaban J connectivity index is 1.39. The molecular weight excluding hydrogens is 520 g/mol. The Morgan fingerprint density at radius 2 is 2.03 bits per heavy atom. The maximum Gasteiger partial charge on any atom is 0.265 e. The van der Waals surface area contributed by atoms with E-state index < -0.39 is 11.5 Å². The molecule has 0 aromatic heterocycles. The molecule has 8 heteroatoms. The third kappa shape index (κ3) is 4.35. The lowest BCUT2D eigenvalue weighted by Crippen LogP contribution is -2.51.